The molecule has 0 spiro atoms. The minimum absolute atomic E-state index is 0.289. The minimum atomic E-state index is -0.445. The summed E-state index contributed by atoms with van der Waals surface area (Å²) in [5, 5.41) is 1.61. The van der Waals surface area contributed by atoms with Gasteiger partial charge in [0.15, 0.2) is 5.65 Å². The van der Waals surface area contributed by atoms with Crippen molar-refractivity contribution in [3.8, 4) is 0 Å². The van der Waals surface area contributed by atoms with Gasteiger partial charge in [0.1, 0.15) is 21.8 Å². The molecule has 0 saturated carbocycles. The molecule has 4 rings (SSSR count). The topological polar surface area (TPSA) is 100.0 Å². The maximum Gasteiger partial charge on any atom is 0.336 e. The molecule has 3 heterocycles. The Bertz CT molecular complexity index is 1610. The van der Waals surface area contributed by atoms with Gasteiger partial charge in [0.25, 0.3) is 5.56 Å². The van der Waals surface area contributed by atoms with Gasteiger partial charge in [0.2, 0.25) is 0 Å². The van der Waals surface area contributed by atoms with E-state index in [1.165, 1.54) is 29.4 Å². The summed E-state index contributed by atoms with van der Waals surface area (Å²) in [6.07, 6.45) is 0. The second-order valence-electron chi connectivity index (χ2n) is 9.27. The predicted molar refractivity (Wildman–Crippen MR) is 130 cm³/mol. The maximum atomic E-state index is 13.0. The molecule has 1 aromatic carbocycles. The molecule has 8 nitrogen and oxygen atoms in total. The van der Waals surface area contributed by atoms with Crippen LogP contribution in [0.5, 0.6) is 0 Å². The van der Waals surface area contributed by atoms with Gasteiger partial charge in [-0.25, -0.2) is 19.6 Å². The third kappa shape index (κ3) is 3.90. The molecular formula is C24H26N4O4S. The number of hydrogen-bond acceptors (Lipinski definition) is 7. The SMILES string of the molecule is Cc1ccc2c(CSc3nc(C(C)(C)C)nc4c3c(=O)n(C)c(=O)n4C)cc(=O)oc2c1C. The van der Waals surface area contributed by atoms with Gasteiger partial charge in [-0.2, -0.15) is 0 Å². The second kappa shape index (κ2) is 7.98. The van der Waals surface area contributed by atoms with Gasteiger partial charge in [-0.15, -0.1) is 11.8 Å². The normalized spacial score (nSPS) is 12.1. The smallest absolute Gasteiger partial charge is 0.336 e. The number of fused-ring (bicyclic) bond motifs is 2. The molecule has 3 aromatic heterocycles. The number of benzene rings is 1. The Morgan fingerprint density at radius 3 is 2.39 bits per heavy atom. The lowest BCUT2D eigenvalue weighted by molar-refractivity contribution is 0.539. The van der Waals surface area contributed by atoms with Gasteiger partial charge >= 0.3 is 11.3 Å². The largest absolute Gasteiger partial charge is 0.422 e. The highest BCUT2D eigenvalue weighted by molar-refractivity contribution is 7.98. The summed E-state index contributed by atoms with van der Waals surface area (Å²) in [5.41, 5.74) is 1.91. The van der Waals surface area contributed by atoms with E-state index in [4.69, 9.17) is 9.40 Å². The lowest BCUT2D eigenvalue weighted by Crippen LogP contribution is -2.38. The van der Waals surface area contributed by atoms with Crippen molar-refractivity contribution in [1.82, 2.24) is 19.1 Å². The summed E-state index contributed by atoms with van der Waals surface area (Å²) >= 11 is 1.34. The van der Waals surface area contributed by atoms with Crippen LogP contribution in [0.4, 0.5) is 0 Å². The van der Waals surface area contributed by atoms with Crippen molar-refractivity contribution in [3.63, 3.8) is 0 Å². The third-order valence-corrected chi connectivity index (χ3v) is 6.84. The monoisotopic (exact) mass is 466 g/mol. The molecule has 0 radical (unpaired) electrons. The van der Waals surface area contributed by atoms with E-state index < -0.39 is 22.3 Å². The van der Waals surface area contributed by atoms with E-state index in [1.807, 2.05) is 46.8 Å². The molecule has 0 unspecified atom stereocenters. The van der Waals surface area contributed by atoms with E-state index in [1.54, 1.807) is 7.05 Å². The first-order valence-electron chi connectivity index (χ1n) is 10.5. The van der Waals surface area contributed by atoms with Gasteiger partial charge in [-0.1, -0.05) is 32.9 Å². The highest BCUT2D eigenvalue weighted by Crippen LogP contribution is 2.31. The second-order valence-corrected chi connectivity index (χ2v) is 10.2. The number of hydrogen-bond donors (Lipinski definition) is 0. The van der Waals surface area contributed by atoms with Crippen molar-refractivity contribution in [2.45, 2.75) is 50.8 Å². The van der Waals surface area contributed by atoms with Crippen LogP contribution in [0.15, 0.2) is 42.0 Å². The molecule has 0 bridgehead atoms. The van der Waals surface area contributed by atoms with Crippen molar-refractivity contribution in [3.05, 3.63) is 72.0 Å². The molecule has 0 aliphatic rings. The number of aromatic nitrogens is 4. The Labute approximate surface area is 194 Å². The van der Waals surface area contributed by atoms with Crippen molar-refractivity contribution in [2.75, 3.05) is 0 Å². The van der Waals surface area contributed by atoms with Crippen LogP contribution in [0.3, 0.4) is 0 Å². The Morgan fingerprint density at radius 1 is 1.03 bits per heavy atom. The number of nitrogens with zero attached hydrogens (tertiary/aromatic N) is 4. The maximum absolute atomic E-state index is 13.0. The van der Waals surface area contributed by atoms with Crippen LogP contribution in [0.25, 0.3) is 22.0 Å². The van der Waals surface area contributed by atoms with Crippen molar-refractivity contribution in [1.29, 1.82) is 0 Å². The lowest BCUT2D eigenvalue weighted by atomic mass is 9.96. The first-order chi connectivity index (χ1) is 15.4. The summed E-state index contributed by atoms with van der Waals surface area (Å²) in [6.45, 7) is 9.82. The summed E-state index contributed by atoms with van der Waals surface area (Å²) in [5.74, 6) is 0.927. The van der Waals surface area contributed by atoms with Crippen molar-refractivity contribution >= 4 is 33.8 Å². The summed E-state index contributed by atoms with van der Waals surface area (Å²) in [4.78, 5) is 47.1. The van der Waals surface area contributed by atoms with Crippen LogP contribution < -0.4 is 16.9 Å². The van der Waals surface area contributed by atoms with Gasteiger partial charge in [-0.05, 0) is 30.5 Å². The van der Waals surface area contributed by atoms with Gasteiger partial charge in [-0.3, -0.25) is 13.9 Å². The van der Waals surface area contributed by atoms with E-state index in [2.05, 4.69) is 4.98 Å². The van der Waals surface area contributed by atoms with E-state index in [0.717, 1.165) is 26.6 Å². The van der Waals surface area contributed by atoms with E-state index >= 15 is 0 Å². The van der Waals surface area contributed by atoms with Crippen LogP contribution in [0.1, 0.15) is 43.3 Å². The Balaban J connectivity index is 1.93. The summed E-state index contributed by atoms with van der Waals surface area (Å²) in [7, 11) is 3.04. The predicted octanol–water partition coefficient (Wildman–Crippen LogP) is 3.34. The molecular weight excluding hydrogens is 440 g/mol. The molecule has 0 aliphatic heterocycles. The van der Waals surface area contributed by atoms with Crippen LogP contribution in [-0.2, 0) is 25.3 Å². The first kappa shape index (κ1) is 23.0. The fourth-order valence-corrected chi connectivity index (χ4v) is 4.66. The molecule has 172 valence electrons. The van der Waals surface area contributed by atoms with Gasteiger partial charge in [0, 0.05) is 36.7 Å². The Kier molecular flexibility index (Phi) is 5.56. The van der Waals surface area contributed by atoms with Crippen LogP contribution in [0, 0.1) is 13.8 Å². The molecule has 0 atom stereocenters. The molecule has 0 N–H and O–H groups in total. The van der Waals surface area contributed by atoms with Gasteiger partial charge < -0.3 is 4.42 Å². The lowest BCUT2D eigenvalue weighted by Gasteiger charge is -2.19. The fourth-order valence-electron chi connectivity index (χ4n) is 3.66. The molecule has 33 heavy (non-hydrogen) atoms. The van der Waals surface area contributed by atoms with Crippen LogP contribution in [0.2, 0.25) is 0 Å². The zero-order chi connectivity index (χ0) is 24.2. The quantitative estimate of drug-likeness (QED) is 0.259. The zero-order valence-electron chi connectivity index (χ0n) is 19.8. The molecule has 0 aliphatic carbocycles. The highest BCUT2D eigenvalue weighted by atomic mass is 32.2. The number of aryl methyl sites for hydroxylation is 3. The standard InChI is InChI=1S/C24H26N4O4S/c1-12-8-9-15-14(10-16(29)32-18(15)13(12)2)11-33-20-17-19(25-22(26-20)24(3,4)5)27(6)23(31)28(7)21(17)30/h8-10H,11H2,1-7H3. The fraction of sp³-hybridized carbons (Fsp3) is 0.375. The molecule has 0 fully saturated rings. The molecule has 0 saturated heterocycles. The number of rotatable bonds is 3. The summed E-state index contributed by atoms with van der Waals surface area (Å²) in [6, 6.07) is 5.42. The summed E-state index contributed by atoms with van der Waals surface area (Å²) < 4.78 is 7.91. The molecule has 0 amide bonds. The van der Waals surface area contributed by atoms with Crippen molar-refractivity contribution < 1.29 is 4.42 Å². The van der Waals surface area contributed by atoms with E-state index in [9.17, 15) is 14.4 Å². The average molecular weight is 467 g/mol. The molecule has 9 heteroatoms. The Hall–Kier alpha value is -3.20. The van der Waals surface area contributed by atoms with Crippen molar-refractivity contribution in [2.24, 2.45) is 14.1 Å². The van der Waals surface area contributed by atoms with E-state index in [-0.39, 0.29) is 5.39 Å². The van der Waals surface area contributed by atoms with Crippen LogP contribution in [-0.4, -0.2) is 19.1 Å². The first-order valence-corrected chi connectivity index (χ1v) is 11.5. The third-order valence-electron chi connectivity index (χ3n) is 5.82. The highest BCUT2D eigenvalue weighted by Gasteiger charge is 2.24. The average Bonchev–Trinajstić information content (AvgIpc) is 2.76. The molecule has 4 aromatic rings. The Morgan fingerprint density at radius 2 is 1.73 bits per heavy atom. The number of thioether (sulfide) groups is 1. The zero-order valence-corrected chi connectivity index (χ0v) is 20.6. The minimum Gasteiger partial charge on any atom is -0.422 e. The van der Waals surface area contributed by atoms with E-state index in [0.29, 0.717) is 27.8 Å². The van der Waals surface area contributed by atoms with Gasteiger partial charge in [0.05, 0.1) is 0 Å². The van der Waals surface area contributed by atoms with Crippen LogP contribution >= 0.6 is 11.8 Å².